The monoisotopic (exact) mass is 245 g/mol. The number of aromatic nitrogens is 2. The lowest BCUT2D eigenvalue weighted by Crippen LogP contribution is -2.06. The normalized spacial score (nSPS) is 12.5. The Bertz CT molecular complexity index is 558. The number of aryl methyl sites for hydroxylation is 2. The molecule has 0 aliphatic heterocycles. The van der Waals surface area contributed by atoms with E-state index in [1.807, 2.05) is 56.8 Å². The van der Waals surface area contributed by atoms with Crippen molar-refractivity contribution in [2.75, 3.05) is 0 Å². The zero-order chi connectivity index (χ0) is 13.3. The Hall–Kier alpha value is -1.81. The van der Waals surface area contributed by atoms with E-state index in [1.165, 1.54) is 0 Å². The number of rotatable bonds is 3. The molecule has 0 saturated carbocycles. The number of para-hydroxylation sites is 1. The van der Waals surface area contributed by atoms with Crippen LogP contribution in [0.3, 0.4) is 0 Å². The van der Waals surface area contributed by atoms with Crippen LogP contribution in [-0.2, 0) is 7.05 Å². The molecule has 0 radical (unpaired) electrons. The Labute approximate surface area is 107 Å². The lowest BCUT2D eigenvalue weighted by Gasteiger charge is -2.13. The lowest BCUT2D eigenvalue weighted by molar-refractivity contribution is 0.464. The van der Waals surface area contributed by atoms with Gasteiger partial charge in [-0.15, -0.1) is 0 Å². The van der Waals surface area contributed by atoms with Crippen LogP contribution in [0.4, 0.5) is 0 Å². The van der Waals surface area contributed by atoms with Gasteiger partial charge in [0, 0.05) is 18.7 Å². The predicted octanol–water partition coefficient (Wildman–Crippen LogP) is 2.85. The van der Waals surface area contributed by atoms with Crippen LogP contribution in [0.25, 0.3) is 0 Å². The minimum Gasteiger partial charge on any atom is -0.453 e. The Morgan fingerprint density at radius 1 is 1.28 bits per heavy atom. The quantitative estimate of drug-likeness (QED) is 0.904. The molecule has 0 fully saturated rings. The molecular weight excluding hydrogens is 226 g/mol. The summed E-state index contributed by atoms with van der Waals surface area (Å²) in [5.41, 5.74) is 8.84. The molecule has 0 aliphatic carbocycles. The van der Waals surface area contributed by atoms with Crippen LogP contribution in [0.2, 0.25) is 0 Å². The maximum atomic E-state index is 5.99. The van der Waals surface area contributed by atoms with E-state index in [0.717, 1.165) is 28.5 Å². The van der Waals surface area contributed by atoms with E-state index in [2.05, 4.69) is 5.10 Å². The van der Waals surface area contributed by atoms with Gasteiger partial charge in [-0.2, -0.15) is 5.10 Å². The number of hydrogen-bond donors (Lipinski definition) is 1. The fraction of sp³-hybridized carbons (Fsp3) is 0.357. The van der Waals surface area contributed by atoms with Crippen LogP contribution >= 0.6 is 0 Å². The fourth-order valence-electron chi connectivity index (χ4n) is 1.96. The molecule has 2 aromatic rings. The molecule has 1 aromatic heterocycles. The molecule has 0 aliphatic rings. The van der Waals surface area contributed by atoms with Crippen molar-refractivity contribution >= 4 is 0 Å². The van der Waals surface area contributed by atoms with Gasteiger partial charge in [-0.3, -0.25) is 4.68 Å². The van der Waals surface area contributed by atoms with Gasteiger partial charge in [-0.25, -0.2) is 0 Å². The van der Waals surface area contributed by atoms with Crippen LogP contribution in [0.5, 0.6) is 11.5 Å². The van der Waals surface area contributed by atoms with Crippen LogP contribution in [0, 0.1) is 13.8 Å². The van der Waals surface area contributed by atoms with Crippen molar-refractivity contribution in [1.29, 1.82) is 0 Å². The van der Waals surface area contributed by atoms with Crippen LogP contribution < -0.4 is 10.5 Å². The minimum atomic E-state index is -0.0570. The minimum absolute atomic E-state index is 0.0570. The second-order valence-electron chi connectivity index (χ2n) is 4.55. The molecule has 4 nitrogen and oxygen atoms in total. The summed E-state index contributed by atoms with van der Waals surface area (Å²) in [5, 5.41) is 4.34. The molecule has 0 unspecified atom stereocenters. The first-order valence-corrected chi connectivity index (χ1v) is 6.03. The SMILES string of the molecule is Cc1nn(C)c(C)c1Oc1ccccc1[C@H](C)N. The third kappa shape index (κ3) is 2.24. The first-order chi connectivity index (χ1) is 8.50. The van der Waals surface area contributed by atoms with E-state index in [-0.39, 0.29) is 6.04 Å². The van der Waals surface area contributed by atoms with Gasteiger partial charge in [0.2, 0.25) is 0 Å². The highest BCUT2D eigenvalue weighted by atomic mass is 16.5. The summed E-state index contributed by atoms with van der Waals surface area (Å²) in [6.07, 6.45) is 0. The number of nitrogens with zero attached hydrogens (tertiary/aromatic N) is 2. The lowest BCUT2D eigenvalue weighted by atomic mass is 10.1. The Morgan fingerprint density at radius 2 is 1.94 bits per heavy atom. The van der Waals surface area contributed by atoms with Crippen molar-refractivity contribution < 1.29 is 4.74 Å². The van der Waals surface area contributed by atoms with E-state index < -0.39 is 0 Å². The Balaban J connectivity index is 2.40. The molecule has 18 heavy (non-hydrogen) atoms. The molecule has 0 saturated heterocycles. The molecule has 1 heterocycles. The Kier molecular flexibility index (Phi) is 3.39. The van der Waals surface area contributed by atoms with Crippen molar-refractivity contribution in [3.8, 4) is 11.5 Å². The van der Waals surface area contributed by atoms with Gasteiger partial charge in [0.1, 0.15) is 11.4 Å². The molecule has 0 bridgehead atoms. The fourth-order valence-corrected chi connectivity index (χ4v) is 1.96. The van der Waals surface area contributed by atoms with Crippen molar-refractivity contribution in [2.24, 2.45) is 12.8 Å². The molecule has 2 rings (SSSR count). The molecular formula is C14H19N3O. The first kappa shape index (κ1) is 12.6. The summed E-state index contributed by atoms with van der Waals surface area (Å²) in [7, 11) is 1.91. The van der Waals surface area contributed by atoms with Crippen molar-refractivity contribution in [2.45, 2.75) is 26.8 Å². The molecule has 1 aromatic carbocycles. The number of hydrogen-bond acceptors (Lipinski definition) is 3. The van der Waals surface area contributed by atoms with Gasteiger partial charge in [0.15, 0.2) is 5.75 Å². The van der Waals surface area contributed by atoms with Gasteiger partial charge in [0.25, 0.3) is 0 Å². The average Bonchev–Trinajstić information content (AvgIpc) is 2.56. The predicted molar refractivity (Wildman–Crippen MR) is 71.8 cm³/mol. The van der Waals surface area contributed by atoms with E-state index in [4.69, 9.17) is 10.5 Å². The van der Waals surface area contributed by atoms with E-state index in [1.54, 1.807) is 0 Å². The Morgan fingerprint density at radius 3 is 2.50 bits per heavy atom. The summed E-state index contributed by atoms with van der Waals surface area (Å²) in [6, 6.07) is 7.78. The third-order valence-corrected chi connectivity index (χ3v) is 3.06. The van der Waals surface area contributed by atoms with Gasteiger partial charge in [0.05, 0.1) is 5.69 Å². The van der Waals surface area contributed by atoms with Gasteiger partial charge >= 0.3 is 0 Å². The summed E-state index contributed by atoms with van der Waals surface area (Å²) >= 11 is 0. The maximum absolute atomic E-state index is 5.99. The van der Waals surface area contributed by atoms with Gasteiger partial charge in [-0.05, 0) is 26.8 Å². The van der Waals surface area contributed by atoms with Crippen molar-refractivity contribution in [3.63, 3.8) is 0 Å². The largest absolute Gasteiger partial charge is 0.453 e. The smallest absolute Gasteiger partial charge is 0.171 e. The standard InChI is InChI=1S/C14H19N3O/c1-9(15)12-7-5-6-8-13(12)18-14-10(2)16-17(4)11(14)3/h5-9H,15H2,1-4H3/t9-/m0/s1. The second kappa shape index (κ2) is 4.82. The van der Waals surface area contributed by atoms with E-state index in [0.29, 0.717) is 0 Å². The first-order valence-electron chi connectivity index (χ1n) is 6.03. The molecule has 0 spiro atoms. The van der Waals surface area contributed by atoms with Crippen LogP contribution in [0.15, 0.2) is 24.3 Å². The molecule has 4 heteroatoms. The summed E-state index contributed by atoms with van der Waals surface area (Å²) < 4.78 is 7.81. The van der Waals surface area contributed by atoms with Crippen molar-refractivity contribution in [1.82, 2.24) is 9.78 Å². The van der Waals surface area contributed by atoms with Crippen LogP contribution in [-0.4, -0.2) is 9.78 Å². The van der Waals surface area contributed by atoms with Crippen LogP contribution in [0.1, 0.15) is 29.9 Å². The highest BCUT2D eigenvalue weighted by Crippen LogP contribution is 2.32. The van der Waals surface area contributed by atoms with Crippen molar-refractivity contribution in [3.05, 3.63) is 41.2 Å². The summed E-state index contributed by atoms with van der Waals surface area (Å²) in [4.78, 5) is 0. The number of nitrogens with two attached hydrogens (primary N) is 1. The molecule has 2 N–H and O–H groups in total. The topological polar surface area (TPSA) is 53.1 Å². The van der Waals surface area contributed by atoms with E-state index in [9.17, 15) is 0 Å². The molecule has 1 atom stereocenters. The maximum Gasteiger partial charge on any atom is 0.171 e. The zero-order valence-corrected chi connectivity index (χ0v) is 11.3. The summed E-state index contributed by atoms with van der Waals surface area (Å²) in [6.45, 7) is 5.88. The summed E-state index contributed by atoms with van der Waals surface area (Å²) in [5.74, 6) is 1.61. The van der Waals surface area contributed by atoms with E-state index >= 15 is 0 Å². The van der Waals surface area contributed by atoms with Gasteiger partial charge < -0.3 is 10.5 Å². The molecule has 96 valence electrons. The number of ether oxygens (including phenoxy) is 1. The molecule has 0 amide bonds. The van der Waals surface area contributed by atoms with Gasteiger partial charge in [-0.1, -0.05) is 18.2 Å². The highest BCUT2D eigenvalue weighted by Gasteiger charge is 2.14. The number of benzene rings is 1. The third-order valence-electron chi connectivity index (χ3n) is 3.06. The highest BCUT2D eigenvalue weighted by molar-refractivity contribution is 5.42. The second-order valence-corrected chi connectivity index (χ2v) is 4.55. The average molecular weight is 245 g/mol. The zero-order valence-electron chi connectivity index (χ0n) is 11.3.